The van der Waals surface area contributed by atoms with Crippen molar-refractivity contribution in [3.8, 4) is 5.75 Å². The van der Waals surface area contributed by atoms with E-state index in [4.69, 9.17) is 4.74 Å². The van der Waals surface area contributed by atoms with Crippen LogP contribution in [0.5, 0.6) is 5.75 Å². The predicted octanol–water partition coefficient (Wildman–Crippen LogP) is 3.68. The molecule has 0 spiro atoms. The van der Waals surface area contributed by atoms with Gasteiger partial charge in [-0.3, -0.25) is 4.98 Å². The molecule has 2 rings (SSSR count). The summed E-state index contributed by atoms with van der Waals surface area (Å²) in [7, 11) is 3.70. The van der Waals surface area contributed by atoms with Gasteiger partial charge < -0.3 is 15.0 Å². The van der Waals surface area contributed by atoms with Gasteiger partial charge in [0.25, 0.3) is 0 Å². The lowest BCUT2D eigenvalue weighted by molar-refractivity contribution is 0.415. The van der Waals surface area contributed by atoms with Crippen LogP contribution in [0.15, 0.2) is 42.7 Å². The molecule has 1 aromatic heterocycles. The zero-order valence-corrected chi connectivity index (χ0v) is 12.3. The third-order valence-electron chi connectivity index (χ3n) is 3.14. The Morgan fingerprint density at radius 2 is 2.05 bits per heavy atom. The van der Waals surface area contributed by atoms with E-state index in [0.717, 1.165) is 35.8 Å². The molecule has 1 aromatic carbocycles. The number of nitrogens with one attached hydrogen (secondary N) is 1. The van der Waals surface area contributed by atoms with Crippen LogP contribution in [0, 0.1) is 0 Å². The molecule has 2 aromatic rings. The van der Waals surface area contributed by atoms with Crippen molar-refractivity contribution in [3.05, 3.63) is 42.7 Å². The Hall–Kier alpha value is -2.23. The highest BCUT2D eigenvalue weighted by Crippen LogP contribution is 2.32. The lowest BCUT2D eigenvalue weighted by Gasteiger charge is -2.22. The molecule has 0 bridgehead atoms. The first-order valence-electron chi connectivity index (χ1n) is 6.82. The van der Waals surface area contributed by atoms with Gasteiger partial charge in [-0.1, -0.05) is 19.1 Å². The predicted molar refractivity (Wildman–Crippen MR) is 84.1 cm³/mol. The molecule has 4 nitrogen and oxygen atoms in total. The fraction of sp³-hybridized carbons (Fsp3) is 0.312. The van der Waals surface area contributed by atoms with Gasteiger partial charge in [0.1, 0.15) is 5.75 Å². The molecular weight excluding hydrogens is 250 g/mol. The molecule has 0 aliphatic heterocycles. The summed E-state index contributed by atoms with van der Waals surface area (Å²) in [5, 5.41) is 3.35. The lowest BCUT2D eigenvalue weighted by Crippen LogP contribution is -2.11. The number of para-hydroxylation sites is 2. The monoisotopic (exact) mass is 271 g/mol. The number of pyridine rings is 1. The van der Waals surface area contributed by atoms with E-state index in [0.29, 0.717) is 0 Å². The second-order valence-electron chi connectivity index (χ2n) is 4.59. The van der Waals surface area contributed by atoms with Crippen LogP contribution in [0.2, 0.25) is 0 Å². The normalized spacial score (nSPS) is 10.2. The van der Waals surface area contributed by atoms with E-state index in [2.05, 4.69) is 28.2 Å². The Balaban J connectivity index is 2.26. The Kier molecular flexibility index (Phi) is 4.82. The molecule has 0 amide bonds. The average Bonchev–Trinajstić information content (AvgIpc) is 2.52. The average molecular weight is 271 g/mol. The van der Waals surface area contributed by atoms with Crippen LogP contribution in [0.4, 0.5) is 17.1 Å². The van der Waals surface area contributed by atoms with Crippen LogP contribution < -0.4 is 15.0 Å². The van der Waals surface area contributed by atoms with E-state index < -0.39 is 0 Å². The number of rotatable bonds is 6. The summed E-state index contributed by atoms with van der Waals surface area (Å²) in [5.41, 5.74) is 3.08. The molecule has 0 saturated carbocycles. The standard InChI is InChI=1S/C16H21N3O/c1-4-9-18-13-10-14(12-17-11-13)19(2)15-7-5-6-8-16(15)20-3/h5-8,10-12,18H,4,9H2,1-3H3. The van der Waals surface area contributed by atoms with Gasteiger partial charge in [0.15, 0.2) is 0 Å². The fourth-order valence-electron chi connectivity index (χ4n) is 2.02. The second kappa shape index (κ2) is 6.80. The van der Waals surface area contributed by atoms with E-state index in [1.54, 1.807) is 7.11 Å². The maximum atomic E-state index is 5.41. The number of hydrogen-bond donors (Lipinski definition) is 1. The number of ether oxygens (including phenoxy) is 1. The smallest absolute Gasteiger partial charge is 0.142 e. The molecule has 0 atom stereocenters. The second-order valence-corrected chi connectivity index (χ2v) is 4.59. The van der Waals surface area contributed by atoms with Crippen LogP contribution in [0.25, 0.3) is 0 Å². The summed E-state index contributed by atoms with van der Waals surface area (Å²) in [5.74, 6) is 0.849. The summed E-state index contributed by atoms with van der Waals surface area (Å²) >= 11 is 0. The molecule has 1 N–H and O–H groups in total. The van der Waals surface area contributed by atoms with Crippen molar-refractivity contribution < 1.29 is 4.74 Å². The molecule has 0 fully saturated rings. The minimum atomic E-state index is 0.849. The molecule has 0 aliphatic rings. The molecule has 0 saturated heterocycles. The van der Waals surface area contributed by atoms with Crippen molar-refractivity contribution in [1.82, 2.24) is 4.98 Å². The molecule has 0 aliphatic carbocycles. The maximum absolute atomic E-state index is 5.41. The third kappa shape index (κ3) is 3.20. The SMILES string of the molecule is CCCNc1cncc(N(C)c2ccccc2OC)c1. The Bertz CT molecular complexity index is 557. The van der Waals surface area contributed by atoms with E-state index in [9.17, 15) is 0 Å². The van der Waals surface area contributed by atoms with Crippen LogP contribution in [-0.2, 0) is 0 Å². The van der Waals surface area contributed by atoms with E-state index >= 15 is 0 Å². The molecule has 1 heterocycles. The van der Waals surface area contributed by atoms with Crippen LogP contribution >= 0.6 is 0 Å². The number of anilines is 3. The number of hydrogen-bond acceptors (Lipinski definition) is 4. The van der Waals surface area contributed by atoms with Crippen molar-refractivity contribution in [2.75, 3.05) is 30.9 Å². The Morgan fingerprint density at radius 3 is 2.80 bits per heavy atom. The molecule has 0 unspecified atom stereocenters. The summed E-state index contributed by atoms with van der Waals surface area (Å²) < 4.78 is 5.41. The fourth-order valence-corrected chi connectivity index (χ4v) is 2.02. The first-order valence-corrected chi connectivity index (χ1v) is 6.82. The number of benzene rings is 1. The molecule has 106 valence electrons. The zero-order valence-electron chi connectivity index (χ0n) is 12.3. The van der Waals surface area contributed by atoms with Gasteiger partial charge in [-0.2, -0.15) is 0 Å². The lowest BCUT2D eigenvalue weighted by atomic mass is 10.2. The van der Waals surface area contributed by atoms with Gasteiger partial charge in [-0.05, 0) is 24.6 Å². The number of aromatic nitrogens is 1. The summed E-state index contributed by atoms with van der Waals surface area (Å²) in [6, 6.07) is 10.0. The van der Waals surface area contributed by atoms with E-state index in [1.807, 2.05) is 43.7 Å². The minimum Gasteiger partial charge on any atom is -0.495 e. The van der Waals surface area contributed by atoms with Crippen molar-refractivity contribution in [2.45, 2.75) is 13.3 Å². The highest BCUT2D eigenvalue weighted by atomic mass is 16.5. The van der Waals surface area contributed by atoms with Crippen molar-refractivity contribution in [1.29, 1.82) is 0 Å². The minimum absolute atomic E-state index is 0.849. The quantitative estimate of drug-likeness (QED) is 0.869. The Labute approximate surface area is 120 Å². The molecule has 4 heteroatoms. The van der Waals surface area contributed by atoms with Crippen molar-refractivity contribution in [2.24, 2.45) is 0 Å². The van der Waals surface area contributed by atoms with Gasteiger partial charge in [-0.25, -0.2) is 0 Å². The Morgan fingerprint density at radius 1 is 1.25 bits per heavy atom. The molecule has 20 heavy (non-hydrogen) atoms. The van der Waals surface area contributed by atoms with Crippen LogP contribution in [-0.4, -0.2) is 25.7 Å². The van der Waals surface area contributed by atoms with Gasteiger partial charge >= 0.3 is 0 Å². The van der Waals surface area contributed by atoms with Gasteiger partial charge in [0.2, 0.25) is 0 Å². The van der Waals surface area contributed by atoms with Gasteiger partial charge in [0.05, 0.1) is 36.6 Å². The van der Waals surface area contributed by atoms with Crippen molar-refractivity contribution >= 4 is 17.1 Å². The first kappa shape index (κ1) is 14.2. The van der Waals surface area contributed by atoms with Crippen LogP contribution in [0.1, 0.15) is 13.3 Å². The largest absolute Gasteiger partial charge is 0.495 e. The molecule has 0 radical (unpaired) electrons. The zero-order chi connectivity index (χ0) is 14.4. The third-order valence-corrected chi connectivity index (χ3v) is 3.14. The van der Waals surface area contributed by atoms with E-state index in [-0.39, 0.29) is 0 Å². The van der Waals surface area contributed by atoms with Gasteiger partial charge in [0, 0.05) is 13.6 Å². The first-order chi connectivity index (χ1) is 9.76. The van der Waals surface area contributed by atoms with Crippen molar-refractivity contribution in [3.63, 3.8) is 0 Å². The highest BCUT2D eigenvalue weighted by molar-refractivity contribution is 5.70. The maximum Gasteiger partial charge on any atom is 0.142 e. The molecular formula is C16H21N3O. The summed E-state index contributed by atoms with van der Waals surface area (Å²) in [4.78, 5) is 6.37. The van der Waals surface area contributed by atoms with E-state index in [1.165, 1.54) is 0 Å². The summed E-state index contributed by atoms with van der Waals surface area (Å²) in [6.07, 6.45) is 4.78. The van der Waals surface area contributed by atoms with Crippen LogP contribution in [0.3, 0.4) is 0 Å². The highest BCUT2D eigenvalue weighted by Gasteiger charge is 2.10. The number of methoxy groups -OCH3 is 1. The number of nitrogens with zero attached hydrogens (tertiary/aromatic N) is 2. The van der Waals surface area contributed by atoms with Gasteiger partial charge in [-0.15, -0.1) is 0 Å². The topological polar surface area (TPSA) is 37.4 Å². The summed E-state index contributed by atoms with van der Waals surface area (Å²) in [6.45, 7) is 3.09.